The van der Waals surface area contributed by atoms with Crippen LogP contribution in [0.2, 0.25) is 0 Å². The Kier molecular flexibility index (Phi) is 7.85. The number of rotatable bonds is 3. The van der Waals surface area contributed by atoms with Crippen molar-refractivity contribution in [2.45, 2.75) is 11.8 Å². The van der Waals surface area contributed by atoms with Crippen LogP contribution in [0.5, 0.6) is 0 Å². The number of allylic oxidation sites excluding steroid dienone is 8. The van der Waals surface area contributed by atoms with Crippen LogP contribution in [0, 0.1) is 0 Å². The third-order valence-corrected chi connectivity index (χ3v) is 4.41. The smallest absolute Gasteiger partial charge is 0.0214 e. The molecule has 0 heterocycles. The summed E-state index contributed by atoms with van der Waals surface area (Å²) in [6.07, 6.45) is 17.7. The number of hydrogen-bond acceptors (Lipinski definition) is 0. The average molecular weight is 378 g/mol. The Morgan fingerprint density at radius 1 is 0.640 bits per heavy atom. The van der Waals surface area contributed by atoms with Gasteiger partial charge in [0, 0.05) is 33.6 Å². The van der Waals surface area contributed by atoms with Crippen molar-refractivity contribution in [3.63, 3.8) is 0 Å². The second-order valence-electron chi connectivity index (χ2n) is 5.77. The molecule has 4 rings (SSSR count). The summed E-state index contributed by atoms with van der Waals surface area (Å²) in [7, 11) is 2.42. The van der Waals surface area contributed by atoms with Gasteiger partial charge in [-0.05, 0) is 22.3 Å². The van der Waals surface area contributed by atoms with Crippen LogP contribution in [-0.2, 0) is 21.7 Å². The summed E-state index contributed by atoms with van der Waals surface area (Å²) >= 11 is 0. The molecule has 0 radical (unpaired) electrons. The summed E-state index contributed by atoms with van der Waals surface area (Å²) in [5.41, 5.74) is 5.47. The molecule has 0 nitrogen and oxygen atoms in total. The van der Waals surface area contributed by atoms with Gasteiger partial charge in [0.25, 0.3) is 0 Å². The van der Waals surface area contributed by atoms with Gasteiger partial charge in [0.05, 0.1) is 0 Å². The predicted molar refractivity (Wildman–Crippen MR) is 110 cm³/mol. The van der Waals surface area contributed by atoms with Gasteiger partial charge in [0.1, 0.15) is 0 Å². The minimum absolute atomic E-state index is 0. The fourth-order valence-electron chi connectivity index (χ4n) is 3.38. The number of benzene rings is 2. The van der Waals surface area contributed by atoms with E-state index in [0.717, 1.165) is 0 Å². The maximum atomic E-state index is 2.42. The molecular weight excluding hydrogens is 355 g/mol. The van der Waals surface area contributed by atoms with Crippen LogP contribution in [0.3, 0.4) is 0 Å². The SMILES string of the molecule is C1=CC(c2cccc(-c3ccccc3)c2C2C=CC=C2)C=C1.CP.[Ti]. The zero-order valence-electron chi connectivity index (χ0n) is 14.5. The van der Waals surface area contributed by atoms with Crippen molar-refractivity contribution in [2.24, 2.45) is 0 Å². The van der Waals surface area contributed by atoms with E-state index in [9.17, 15) is 0 Å². The molecule has 2 aliphatic carbocycles. The molecule has 0 spiro atoms. The van der Waals surface area contributed by atoms with Crippen molar-refractivity contribution in [2.75, 3.05) is 6.66 Å². The van der Waals surface area contributed by atoms with Gasteiger partial charge in [0.2, 0.25) is 0 Å². The quantitative estimate of drug-likeness (QED) is 0.437. The third-order valence-electron chi connectivity index (χ3n) is 4.41. The molecule has 0 bridgehead atoms. The van der Waals surface area contributed by atoms with Gasteiger partial charge in [-0.2, -0.15) is 0 Å². The molecule has 2 aromatic rings. The van der Waals surface area contributed by atoms with E-state index in [2.05, 4.69) is 106 Å². The van der Waals surface area contributed by atoms with Crippen LogP contribution in [0.4, 0.5) is 0 Å². The first kappa shape index (κ1) is 19.9. The van der Waals surface area contributed by atoms with Gasteiger partial charge in [-0.15, -0.1) is 9.24 Å². The standard InChI is InChI=1S/C22H18.CH5P.Ti/c1-2-9-17(10-3-1)20-15-8-16-21(18-11-4-5-12-18)22(20)19-13-6-7-14-19;1-2;/h1-16,18-19H;2H2,1H3;. The third kappa shape index (κ3) is 4.39. The second-order valence-corrected chi connectivity index (χ2v) is 5.77. The summed E-state index contributed by atoms with van der Waals surface area (Å²) < 4.78 is 0. The second kappa shape index (κ2) is 9.88. The van der Waals surface area contributed by atoms with Crippen LogP contribution in [0.15, 0.2) is 97.1 Å². The largest absolute Gasteiger partial charge is 0.141 e. The molecule has 1 unspecified atom stereocenters. The van der Waals surface area contributed by atoms with E-state index in [4.69, 9.17) is 0 Å². The molecular formula is C23H23PTi. The van der Waals surface area contributed by atoms with Crippen molar-refractivity contribution in [1.29, 1.82) is 0 Å². The van der Waals surface area contributed by atoms with E-state index in [1.54, 1.807) is 0 Å². The molecule has 25 heavy (non-hydrogen) atoms. The normalized spacial score (nSPS) is 15.1. The Balaban J connectivity index is 0.000000726. The molecule has 0 N–H and O–H groups in total. The van der Waals surface area contributed by atoms with E-state index < -0.39 is 0 Å². The molecule has 0 saturated heterocycles. The maximum Gasteiger partial charge on any atom is 0.0214 e. The molecule has 0 aromatic heterocycles. The van der Waals surface area contributed by atoms with E-state index in [1.165, 1.54) is 22.3 Å². The van der Waals surface area contributed by atoms with Crippen molar-refractivity contribution < 1.29 is 21.7 Å². The van der Waals surface area contributed by atoms with Crippen LogP contribution < -0.4 is 0 Å². The van der Waals surface area contributed by atoms with Gasteiger partial charge in [-0.3, -0.25) is 0 Å². The first-order valence-corrected chi connectivity index (χ1v) is 9.55. The predicted octanol–water partition coefficient (Wildman–Crippen LogP) is 6.26. The first-order valence-electron chi connectivity index (χ1n) is 8.39. The van der Waals surface area contributed by atoms with Crippen LogP contribution in [-0.4, -0.2) is 6.66 Å². The Labute approximate surface area is 168 Å². The summed E-state index contributed by atoms with van der Waals surface area (Å²) in [4.78, 5) is 0. The van der Waals surface area contributed by atoms with Crippen molar-refractivity contribution in [1.82, 2.24) is 0 Å². The Hall–Kier alpha value is -1.46. The molecule has 2 aliphatic rings. The topological polar surface area (TPSA) is 0 Å². The zero-order chi connectivity index (χ0) is 16.8. The summed E-state index contributed by atoms with van der Waals surface area (Å²) in [5.74, 6) is 0.759. The minimum atomic E-state index is 0. The van der Waals surface area contributed by atoms with Gasteiger partial charge in [0.15, 0.2) is 0 Å². The van der Waals surface area contributed by atoms with Crippen LogP contribution >= 0.6 is 9.24 Å². The van der Waals surface area contributed by atoms with Crippen molar-refractivity contribution in [3.8, 4) is 11.1 Å². The molecule has 124 valence electrons. The van der Waals surface area contributed by atoms with E-state index in [0.29, 0.717) is 11.8 Å². The Bertz CT molecular complexity index is 776. The van der Waals surface area contributed by atoms with Gasteiger partial charge in [-0.25, -0.2) is 0 Å². The van der Waals surface area contributed by atoms with Crippen molar-refractivity contribution >= 4 is 9.24 Å². The molecule has 2 aromatic carbocycles. The molecule has 0 amide bonds. The summed E-state index contributed by atoms with van der Waals surface area (Å²) in [5, 5.41) is 0. The fraction of sp³-hybridized carbons (Fsp3) is 0.130. The van der Waals surface area contributed by atoms with Gasteiger partial charge >= 0.3 is 0 Å². The van der Waals surface area contributed by atoms with Gasteiger partial charge in [-0.1, -0.05) is 104 Å². The average Bonchev–Trinajstić information content (AvgIpc) is 3.37. The maximum absolute atomic E-state index is 2.42. The van der Waals surface area contributed by atoms with E-state index >= 15 is 0 Å². The molecule has 0 aliphatic heterocycles. The zero-order valence-corrected chi connectivity index (χ0v) is 17.2. The van der Waals surface area contributed by atoms with E-state index in [-0.39, 0.29) is 21.7 Å². The van der Waals surface area contributed by atoms with Crippen molar-refractivity contribution in [3.05, 3.63) is 108 Å². The minimum Gasteiger partial charge on any atom is -0.141 e. The molecule has 2 heteroatoms. The Morgan fingerprint density at radius 2 is 1.20 bits per heavy atom. The van der Waals surface area contributed by atoms with Crippen LogP contribution in [0.1, 0.15) is 23.0 Å². The monoisotopic (exact) mass is 378 g/mol. The Morgan fingerprint density at radius 3 is 1.80 bits per heavy atom. The summed E-state index contributed by atoms with van der Waals surface area (Å²) in [6.45, 7) is 1.92. The first-order chi connectivity index (χ1) is 11.9. The van der Waals surface area contributed by atoms with E-state index in [1.807, 2.05) is 6.66 Å². The number of hydrogen-bond donors (Lipinski definition) is 0. The molecule has 0 saturated carbocycles. The molecule has 1 atom stereocenters. The molecule has 0 fully saturated rings. The summed E-state index contributed by atoms with van der Waals surface area (Å²) in [6, 6.07) is 17.4. The van der Waals surface area contributed by atoms with Crippen LogP contribution in [0.25, 0.3) is 11.1 Å². The van der Waals surface area contributed by atoms with Gasteiger partial charge < -0.3 is 0 Å². The fourth-order valence-corrected chi connectivity index (χ4v) is 3.38.